The smallest absolute Gasteiger partial charge is 0.146 e. The maximum atomic E-state index is 13.9. The van der Waals surface area contributed by atoms with Crippen molar-refractivity contribution in [3.63, 3.8) is 0 Å². The molecule has 0 saturated carbocycles. The van der Waals surface area contributed by atoms with Crippen molar-refractivity contribution in [3.05, 3.63) is 94.1 Å². The van der Waals surface area contributed by atoms with Gasteiger partial charge in [0.05, 0.1) is 18.7 Å². The van der Waals surface area contributed by atoms with Gasteiger partial charge in [-0.15, -0.1) is 0 Å². The molecule has 1 aliphatic rings. The van der Waals surface area contributed by atoms with Crippen LogP contribution in [0.1, 0.15) is 35.0 Å². The largest absolute Gasteiger partial charge is 0.494 e. The lowest BCUT2D eigenvalue weighted by Gasteiger charge is -2.14. The van der Waals surface area contributed by atoms with E-state index in [0.29, 0.717) is 35.8 Å². The molecule has 2 heterocycles. The number of nitrogens with zero attached hydrogens (tertiary/aromatic N) is 3. The molecule has 35 heavy (non-hydrogen) atoms. The molecule has 1 aliphatic heterocycles. The number of fused-ring (bicyclic) bond motifs is 3. The van der Waals surface area contributed by atoms with Crippen molar-refractivity contribution in [1.82, 2.24) is 9.55 Å². The van der Waals surface area contributed by atoms with Crippen molar-refractivity contribution >= 4 is 16.6 Å². The quantitative estimate of drug-likeness (QED) is 0.355. The fraction of sp³-hybridized carbons (Fsp3) is 0.214. The molecule has 0 bridgehead atoms. The molecular formula is C28H24FN3O3. The predicted molar refractivity (Wildman–Crippen MR) is 131 cm³/mol. The van der Waals surface area contributed by atoms with Crippen LogP contribution < -0.4 is 9.47 Å². The summed E-state index contributed by atoms with van der Waals surface area (Å²) in [6.45, 7) is 2.97. The molecule has 4 aromatic rings. The fourth-order valence-electron chi connectivity index (χ4n) is 4.62. The van der Waals surface area contributed by atoms with Crippen LogP contribution in [0.15, 0.2) is 60.2 Å². The summed E-state index contributed by atoms with van der Waals surface area (Å²) in [5.74, 6) is 1.56. The summed E-state index contributed by atoms with van der Waals surface area (Å²) in [6.07, 6.45) is 0. The Hall–Kier alpha value is -4.15. The molecule has 0 spiro atoms. The van der Waals surface area contributed by atoms with Gasteiger partial charge in [-0.2, -0.15) is 5.26 Å². The number of aromatic nitrogens is 2. The SMILES string of the molecule is COCc1nc2c(OC)cccc2n1Cc1ccc2c(c1)COc1cc(F)ccc1C2=C(C)C#N. The zero-order valence-corrected chi connectivity index (χ0v) is 19.8. The summed E-state index contributed by atoms with van der Waals surface area (Å²) in [5.41, 5.74) is 6.64. The molecule has 176 valence electrons. The van der Waals surface area contributed by atoms with E-state index < -0.39 is 0 Å². The molecule has 5 rings (SSSR count). The number of para-hydroxylation sites is 1. The number of hydrogen-bond donors (Lipinski definition) is 0. The second-order valence-corrected chi connectivity index (χ2v) is 8.41. The Morgan fingerprint density at radius 1 is 1.14 bits per heavy atom. The number of ether oxygens (including phenoxy) is 3. The lowest BCUT2D eigenvalue weighted by atomic mass is 9.90. The number of methoxy groups -OCH3 is 2. The van der Waals surface area contributed by atoms with Crippen molar-refractivity contribution in [2.75, 3.05) is 14.2 Å². The van der Waals surface area contributed by atoms with Crippen LogP contribution in [0.25, 0.3) is 16.6 Å². The molecule has 0 fully saturated rings. The molecule has 0 N–H and O–H groups in total. The number of imidazole rings is 1. The van der Waals surface area contributed by atoms with Crippen LogP contribution in [0.5, 0.6) is 11.5 Å². The lowest BCUT2D eigenvalue weighted by molar-refractivity contribution is 0.175. The van der Waals surface area contributed by atoms with Gasteiger partial charge in [-0.25, -0.2) is 9.37 Å². The van der Waals surface area contributed by atoms with Gasteiger partial charge in [0.1, 0.15) is 41.9 Å². The molecule has 0 saturated heterocycles. The van der Waals surface area contributed by atoms with Gasteiger partial charge in [-0.1, -0.05) is 18.2 Å². The number of benzene rings is 3. The summed E-state index contributed by atoms with van der Waals surface area (Å²) in [7, 11) is 3.28. The predicted octanol–water partition coefficient (Wildman–Crippen LogP) is 5.62. The first-order valence-corrected chi connectivity index (χ1v) is 11.2. The summed E-state index contributed by atoms with van der Waals surface area (Å²) in [5, 5.41) is 9.68. The molecule has 0 amide bonds. The van der Waals surface area contributed by atoms with Gasteiger partial charge in [0.25, 0.3) is 0 Å². The number of allylic oxidation sites excluding steroid dienone is 1. The first-order valence-electron chi connectivity index (χ1n) is 11.2. The van der Waals surface area contributed by atoms with E-state index in [1.807, 2.05) is 30.3 Å². The second kappa shape index (κ2) is 9.24. The van der Waals surface area contributed by atoms with Crippen molar-refractivity contribution in [3.8, 4) is 17.6 Å². The van der Waals surface area contributed by atoms with Crippen molar-refractivity contribution in [2.45, 2.75) is 26.7 Å². The Labute approximate surface area is 202 Å². The molecule has 0 aliphatic carbocycles. The van der Waals surface area contributed by atoms with E-state index in [1.54, 1.807) is 27.2 Å². The third kappa shape index (κ3) is 4.02. The van der Waals surface area contributed by atoms with Gasteiger partial charge in [0.2, 0.25) is 0 Å². The minimum Gasteiger partial charge on any atom is -0.494 e. The maximum Gasteiger partial charge on any atom is 0.146 e. The topological polar surface area (TPSA) is 69.3 Å². The highest BCUT2D eigenvalue weighted by atomic mass is 19.1. The minimum absolute atomic E-state index is 0.269. The van der Waals surface area contributed by atoms with Crippen LogP contribution in [-0.4, -0.2) is 23.8 Å². The summed E-state index contributed by atoms with van der Waals surface area (Å²) in [6, 6.07) is 18.7. The third-order valence-electron chi connectivity index (χ3n) is 6.23. The highest BCUT2D eigenvalue weighted by molar-refractivity contribution is 5.88. The van der Waals surface area contributed by atoms with E-state index in [4.69, 9.17) is 19.2 Å². The van der Waals surface area contributed by atoms with Crippen LogP contribution in [0, 0.1) is 17.1 Å². The van der Waals surface area contributed by atoms with E-state index in [0.717, 1.165) is 39.1 Å². The lowest BCUT2D eigenvalue weighted by Crippen LogP contribution is -2.07. The van der Waals surface area contributed by atoms with Crippen molar-refractivity contribution < 1.29 is 18.6 Å². The highest BCUT2D eigenvalue weighted by Crippen LogP contribution is 2.39. The van der Waals surface area contributed by atoms with Crippen LogP contribution in [0.4, 0.5) is 4.39 Å². The fourth-order valence-corrected chi connectivity index (χ4v) is 4.62. The number of nitriles is 1. The zero-order valence-electron chi connectivity index (χ0n) is 19.8. The first kappa shape index (κ1) is 22.6. The van der Waals surface area contributed by atoms with Crippen LogP contribution in [0.3, 0.4) is 0 Å². The molecule has 3 aromatic carbocycles. The Bertz CT molecular complexity index is 1510. The second-order valence-electron chi connectivity index (χ2n) is 8.41. The zero-order chi connectivity index (χ0) is 24.5. The maximum absolute atomic E-state index is 13.9. The molecular weight excluding hydrogens is 445 g/mol. The van der Waals surface area contributed by atoms with E-state index in [-0.39, 0.29) is 12.4 Å². The number of rotatable bonds is 5. The van der Waals surface area contributed by atoms with Gasteiger partial charge in [0, 0.05) is 36.4 Å². The van der Waals surface area contributed by atoms with E-state index in [9.17, 15) is 9.65 Å². The van der Waals surface area contributed by atoms with Gasteiger partial charge >= 0.3 is 0 Å². The summed E-state index contributed by atoms with van der Waals surface area (Å²) >= 11 is 0. The van der Waals surface area contributed by atoms with Crippen LogP contribution in [-0.2, 0) is 24.5 Å². The number of hydrogen-bond acceptors (Lipinski definition) is 5. The average Bonchev–Trinajstić information content (AvgIpc) is 3.12. The molecule has 7 heteroatoms. The highest BCUT2D eigenvalue weighted by Gasteiger charge is 2.23. The van der Waals surface area contributed by atoms with Crippen molar-refractivity contribution in [1.29, 1.82) is 5.26 Å². The molecule has 6 nitrogen and oxygen atoms in total. The Balaban J connectivity index is 1.60. The molecule has 0 atom stereocenters. The van der Waals surface area contributed by atoms with Crippen LogP contribution >= 0.6 is 0 Å². The van der Waals surface area contributed by atoms with E-state index in [2.05, 4.69) is 16.7 Å². The summed E-state index contributed by atoms with van der Waals surface area (Å²) in [4.78, 5) is 4.76. The number of halogens is 1. The summed E-state index contributed by atoms with van der Waals surface area (Å²) < 4.78 is 33.0. The van der Waals surface area contributed by atoms with Gasteiger partial charge in [-0.3, -0.25) is 0 Å². The molecule has 1 aromatic heterocycles. The van der Waals surface area contributed by atoms with Crippen LogP contribution in [0.2, 0.25) is 0 Å². The monoisotopic (exact) mass is 469 g/mol. The Kier molecular flexibility index (Phi) is 5.98. The Morgan fingerprint density at radius 2 is 1.97 bits per heavy atom. The molecule has 0 unspecified atom stereocenters. The van der Waals surface area contributed by atoms with Gasteiger partial charge in [0.15, 0.2) is 0 Å². The Morgan fingerprint density at radius 3 is 2.74 bits per heavy atom. The van der Waals surface area contributed by atoms with E-state index >= 15 is 0 Å². The van der Waals surface area contributed by atoms with E-state index in [1.165, 1.54) is 12.1 Å². The van der Waals surface area contributed by atoms with Gasteiger partial charge in [-0.05, 0) is 53.9 Å². The third-order valence-corrected chi connectivity index (χ3v) is 6.23. The molecule has 0 radical (unpaired) electrons. The average molecular weight is 470 g/mol. The van der Waals surface area contributed by atoms with Gasteiger partial charge < -0.3 is 18.8 Å². The first-order chi connectivity index (χ1) is 17.0. The standard InChI is InChI=1S/C28H24FN3O3/c1-17(13-30)27-21-9-7-18(11-19(21)15-35-25-12-20(29)8-10-22(25)27)14-32-23-5-4-6-24(34-3)28(23)31-26(32)16-33-2/h4-12H,14-16H2,1-3H3. The minimum atomic E-state index is -0.377. The van der Waals surface area contributed by atoms with Crippen molar-refractivity contribution in [2.24, 2.45) is 0 Å². The normalized spacial score (nSPS) is 13.9.